The average molecular weight is 262 g/mol. The molecule has 1 aliphatic rings. The van der Waals surface area contributed by atoms with Gasteiger partial charge in [-0.25, -0.2) is 0 Å². The van der Waals surface area contributed by atoms with Gasteiger partial charge in [-0.2, -0.15) is 0 Å². The molecule has 1 fully saturated rings. The molecule has 0 aliphatic carbocycles. The number of imide groups is 1. The van der Waals surface area contributed by atoms with Gasteiger partial charge in [0.25, 0.3) is 11.8 Å². The third kappa shape index (κ3) is 2.42. The number of benzene rings is 1. The van der Waals surface area contributed by atoms with Crippen LogP contribution >= 0.6 is 0 Å². The van der Waals surface area contributed by atoms with E-state index in [1.165, 1.54) is 13.1 Å². The monoisotopic (exact) mass is 262 g/mol. The maximum atomic E-state index is 11.9. The molecule has 0 saturated carbocycles. The number of likely N-dealkylation sites (tertiary alicyclic amines) is 1. The molecule has 0 bridgehead atoms. The molecule has 2 N–H and O–H groups in total. The van der Waals surface area contributed by atoms with E-state index >= 15 is 0 Å². The lowest BCUT2D eigenvalue weighted by atomic mass is 10.1. The number of aromatic hydroxyl groups is 1. The molecule has 1 aromatic rings. The second-order valence-electron chi connectivity index (χ2n) is 4.52. The van der Waals surface area contributed by atoms with E-state index in [1.54, 1.807) is 19.1 Å². The van der Waals surface area contributed by atoms with Gasteiger partial charge < -0.3 is 10.4 Å². The minimum atomic E-state index is -0.826. The van der Waals surface area contributed by atoms with Crippen LogP contribution in [-0.4, -0.2) is 40.8 Å². The summed E-state index contributed by atoms with van der Waals surface area (Å²) in [6.07, 6.45) is -0.0289. The molecule has 1 aromatic carbocycles. The zero-order valence-electron chi connectivity index (χ0n) is 10.6. The van der Waals surface area contributed by atoms with Gasteiger partial charge in [0.2, 0.25) is 5.91 Å². The Morgan fingerprint density at radius 3 is 2.63 bits per heavy atom. The number of nitrogens with zero attached hydrogens (tertiary/aromatic N) is 1. The highest BCUT2D eigenvalue weighted by atomic mass is 16.3. The highest BCUT2D eigenvalue weighted by Gasteiger charge is 2.37. The Morgan fingerprint density at radius 1 is 1.42 bits per heavy atom. The first kappa shape index (κ1) is 13.1. The van der Waals surface area contributed by atoms with Gasteiger partial charge in [-0.15, -0.1) is 0 Å². The third-order valence-electron chi connectivity index (χ3n) is 3.16. The van der Waals surface area contributed by atoms with E-state index < -0.39 is 17.9 Å². The molecule has 1 unspecified atom stereocenters. The molecule has 0 spiro atoms. The van der Waals surface area contributed by atoms with E-state index in [1.807, 2.05) is 0 Å². The van der Waals surface area contributed by atoms with Crippen LogP contribution < -0.4 is 5.32 Å². The van der Waals surface area contributed by atoms with Gasteiger partial charge in [0, 0.05) is 12.6 Å². The molecule has 100 valence electrons. The minimum absolute atomic E-state index is 0.0126. The second-order valence-corrected chi connectivity index (χ2v) is 4.52. The number of phenolic OH excluding ortho intramolecular Hbond substituents is 1. The van der Waals surface area contributed by atoms with Crippen LogP contribution in [0.2, 0.25) is 0 Å². The number of rotatable bonds is 2. The molecular formula is C13H14N2O4. The fraction of sp³-hybridized carbons (Fsp3) is 0.308. The van der Waals surface area contributed by atoms with E-state index in [2.05, 4.69) is 5.32 Å². The summed E-state index contributed by atoms with van der Waals surface area (Å²) < 4.78 is 0. The maximum Gasteiger partial charge on any atom is 0.252 e. The normalized spacial score (nSPS) is 18.8. The number of carbonyl (C=O) groups is 3. The van der Waals surface area contributed by atoms with Crippen molar-refractivity contribution in [2.24, 2.45) is 0 Å². The standard InChI is InChI=1S/C13H14N2O4/c1-7-3-4-8(5-10(7)16)12(18)14-9-6-11(17)15(2)13(9)19/h3-5,9,16H,6H2,1-2H3,(H,14,18). The summed E-state index contributed by atoms with van der Waals surface area (Å²) in [7, 11) is 1.38. The average Bonchev–Trinajstić information content (AvgIpc) is 2.60. The predicted molar refractivity (Wildman–Crippen MR) is 66.5 cm³/mol. The number of carbonyl (C=O) groups excluding carboxylic acids is 3. The summed E-state index contributed by atoms with van der Waals surface area (Å²) in [6.45, 7) is 1.71. The number of nitrogens with one attached hydrogen (secondary N) is 1. The first-order chi connectivity index (χ1) is 8.90. The zero-order valence-corrected chi connectivity index (χ0v) is 10.6. The van der Waals surface area contributed by atoms with E-state index in [0.717, 1.165) is 4.90 Å². The van der Waals surface area contributed by atoms with Gasteiger partial charge >= 0.3 is 0 Å². The summed E-state index contributed by atoms with van der Waals surface area (Å²) in [5, 5.41) is 12.0. The molecule has 1 atom stereocenters. The number of phenols is 1. The predicted octanol–water partition coefficient (Wildman–Crippen LogP) is 0.188. The van der Waals surface area contributed by atoms with Crippen molar-refractivity contribution in [2.75, 3.05) is 7.05 Å². The largest absolute Gasteiger partial charge is 0.508 e. The molecule has 0 radical (unpaired) electrons. The topological polar surface area (TPSA) is 86.7 Å². The van der Waals surface area contributed by atoms with Gasteiger partial charge in [-0.1, -0.05) is 6.07 Å². The molecule has 1 saturated heterocycles. The molecule has 0 aromatic heterocycles. The molecule has 2 rings (SSSR count). The van der Waals surface area contributed by atoms with E-state index in [0.29, 0.717) is 5.56 Å². The molecule has 1 aliphatic heterocycles. The van der Waals surface area contributed by atoms with Crippen molar-refractivity contribution in [3.63, 3.8) is 0 Å². The van der Waals surface area contributed by atoms with Crippen LogP contribution in [0.15, 0.2) is 18.2 Å². The number of amides is 3. The Balaban J connectivity index is 2.11. The summed E-state index contributed by atoms with van der Waals surface area (Å²) in [5.41, 5.74) is 0.904. The maximum absolute atomic E-state index is 11.9. The Bertz CT molecular complexity index is 568. The first-order valence-corrected chi connectivity index (χ1v) is 5.81. The number of hydrogen-bond acceptors (Lipinski definition) is 4. The smallest absolute Gasteiger partial charge is 0.252 e. The Morgan fingerprint density at radius 2 is 2.11 bits per heavy atom. The van der Waals surface area contributed by atoms with Crippen LogP contribution in [0.5, 0.6) is 5.75 Å². The van der Waals surface area contributed by atoms with Gasteiger partial charge in [0.1, 0.15) is 11.8 Å². The van der Waals surface area contributed by atoms with Crippen molar-refractivity contribution >= 4 is 17.7 Å². The van der Waals surface area contributed by atoms with Crippen LogP contribution in [0.25, 0.3) is 0 Å². The number of aryl methyl sites for hydroxylation is 1. The van der Waals surface area contributed by atoms with Crippen LogP contribution in [0.1, 0.15) is 22.3 Å². The SMILES string of the molecule is Cc1ccc(C(=O)NC2CC(=O)N(C)C2=O)cc1O. The van der Waals surface area contributed by atoms with Crippen molar-refractivity contribution in [1.29, 1.82) is 0 Å². The Kier molecular flexibility index (Phi) is 3.25. The van der Waals surface area contributed by atoms with Crippen LogP contribution in [-0.2, 0) is 9.59 Å². The lowest BCUT2D eigenvalue weighted by Crippen LogP contribution is -2.40. The van der Waals surface area contributed by atoms with E-state index in [4.69, 9.17) is 0 Å². The Labute approximate surface area is 110 Å². The third-order valence-corrected chi connectivity index (χ3v) is 3.16. The molecular weight excluding hydrogens is 248 g/mol. The van der Waals surface area contributed by atoms with Crippen LogP contribution in [0, 0.1) is 6.92 Å². The van der Waals surface area contributed by atoms with E-state index in [9.17, 15) is 19.5 Å². The molecule has 6 heteroatoms. The lowest BCUT2D eigenvalue weighted by molar-refractivity contribution is -0.137. The molecule has 3 amide bonds. The van der Waals surface area contributed by atoms with Gasteiger partial charge in [0.15, 0.2) is 0 Å². The summed E-state index contributed by atoms with van der Waals surface area (Å²) in [6, 6.07) is 3.66. The van der Waals surface area contributed by atoms with E-state index in [-0.39, 0.29) is 23.6 Å². The number of hydrogen-bond donors (Lipinski definition) is 2. The van der Waals surface area contributed by atoms with Gasteiger partial charge in [-0.3, -0.25) is 19.3 Å². The zero-order chi connectivity index (χ0) is 14.2. The van der Waals surface area contributed by atoms with Crippen LogP contribution in [0.3, 0.4) is 0 Å². The highest BCUT2D eigenvalue weighted by Crippen LogP contribution is 2.18. The van der Waals surface area contributed by atoms with Crippen molar-refractivity contribution in [3.8, 4) is 5.75 Å². The molecule has 6 nitrogen and oxygen atoms in total. The summed E-state index contributed by atoms with van der Waals surface area (Å²) in [5.74, 6) is -1.22. The van der Waals surface area contributed by atoms with Gasteiger partial charge in [-0.05, 0) is 24.6 Å². The quantitative estimate of drug-likeness (QED) is 0.745. The molecule has 1 heterocycles. The lowest BCUT2D eigenvalue weighted by Gasteiger charge is -2.11. The van der Waals surface area contributed by atoms with Crippen molar-refractivity contribution < 1.29 is 19.5 Å². The fourth-order valence-corrected chi connectivity index (χ4v) is 1.86. The Hall–Kier alpha value is -2.37. The minimum Gasteiger partial charge on any atom is -0.508 e. The highest BCUT2D eigenvalue weighted by molar-refractivity contribution is 6.08. The van der Waals surface area contributed by atoms with Gasteiger partial charge in [0.05, 0.1) is 6.42 Å². The number of likely N-dealkylation sites (N-methyl/N-ethyl adjacent to an activating group) is 1. The second kappa shape index (κ2) is 4.72. The van der Waals surface area contributed by atoms with Crippen molar-refractivity contribution in [3.05, 3.63) is 29.3 Å². The summed E-state index contributed by atoms with van der Waals surface area (Å²) in [4.78, 5) is 35.9. The fourth-order valence-electron chi connectivity index (χ4n) is 1.86. The van der Waals surface area contributed by atoms with Crippen molar-refractivity contribution in [1.82, 2.24) is 10.2 Å². The van der Waals surface area contributed by atoms with Crippen molar-refractivity contribution in [2.45, 2.75) is 19.4 Å². The van der Waals surface area contributed by atoms with Crippen LogP contribution in [0.4, 0.5) is 0 Å². The summed E-state index contributed by atoms with van der Waals surface area (Å²) >= 11 is 0. The molecule has 19 heavy (non-hydrogen) atoms. The first-order valence-electron chi connectivity index (χ1n) is 5.81.